The number of amides is 1. The molecule has 0 radical (unpaired) electrons. The highest BCUT2D eigenvalue weighted by atomic mass is 19.1. The highest BCUT2D eigenvalue weighted by Crippen LogP contribution is 2.17. The van der Waals surface area contributed by atoms with E-state index < -0.39 is 0 Å². The van der Waals surface area contributed by atoms with E-state index in [0.29, 0.717) is 26.2 Å². The Balaban J connectivity index is 1.26. The number of hydrogen-bond donors (Lipinski definition) is 0. The molecule has 7 heteroatoms. The van der Waals surface area contributed by atoms with E-state index in [1.807, 2.05) is 64.3 Å². The fourth-order valence-electron chi connectivity index (χ4n) is 3.73. The molecular formula is C23H26FN5O. The normalized spacial score (nSPS) is 14.4. The number of aromatic nitrogens is 2. The quantitative estimate of drug-likeness (QED) is 0.630. The predicted molar refractivity (Wildman–Crippen MR) is 115 cm³/mol. The maximum Gasteiger partial charge on any atom is 0.236 e. The highest BCUT2D eigenvalue weighted by Gasteiger charge is 2.22. The number of carbonyl (C=O) groups excluding carboxylic acids is 1. The van der Waals surface area contributed by atoms with Crippen LogP contribution < -0.4 is 4.90 Å². The van der Waals surface area contributed by atoms with Crippen LogP contribution in [-0.4, -0.2) is 65.3 Å². The lowest BCUT2D eigenvalue weighted by atomic mass is 10.2. The summed E-state index contributed by atoms with van der Waals surface area (Å²) in [5, 5.41) is 4.42. The van der Waals surface area contributed by atoms with Crippen molar-refractivity contribution < 1.29 is 9.18 Å². The van der Waals surface area contributed by atoms with Crippen LogP contribution in [0.25, 0.3) is 5.69 Å². The van der Waals surface area contributed by atoms with Crippen molar-refractivity contribution >= 4 is 11.6 Å². The number of hydrogen-bond acceptors (Lipinski definition) is 4. The molecule has 156 valence electrons. The SMILES string of the molecule is CN(CC(=O)N1CCN(c2ccc(F)cc2)CC1)Cc1cnn(-c2ccccc2)c1. The fraction of sp³-hybridized carbons (Fsp3) is 0.304. The zero-order valence-electron chi connectivity index (χ0n) is 17.1. The average molecular weight is 407 g/mol. The minimum atomic E-state index is -0.232. The molecule has 0 saturated carbocycles. The molecule has 0 unspecified atom stereocenters. The first-order valence-corrected chi connectivity index (χ1v) is 10.1. The topological polar surface area (TPSA) is 44.6 Å². The van der Waals surface area contributed by atoms with Crippen LogP contribution in [0.15, 0.2) is 67.0 Å². The number of para-hydroxylation sites is 1. The van der Waals surface area contributed by atoms with Gasteiger partial charge in [0.05, 0.1) is 18.4 Å². The van der Waals surface area contributed by atoms with Gasteiger partial charge in [-0.2, -0.15) is 5.10 Å². The van der Waals surface area contributed by atoms with Gasteiger partial charge in [-0.05, 0) is 43.4 Å². The summed E-state index contributed by atoms with van der Waals surface area (Å²) >= 11 is 0. The molecule has 1 aromatic heterocycles. The Bertz CT molecular complexity index is 965. The van der Waals surface area contributed by atoms with Crippen LogP contribution in [0, 0.1) is 5.82 Å². The number of rotatable bonds is 6. The monoisotopic (exact) mass is 407 g/mol. The van der Waals surface area contributed by atoms with Crippen LogP contribution in [0.5, 0.6) is 0 Å². The summed E-state index contributed by atoms with van der Waals surface area (Å²) in [6.45, 7) is 3.89. The Kier molecular flexibility index (Phi) is 6.09. The van der Waals surface area contributed by atoms with Crippen molar-refractivity contribution in [3.8, 4) is 5.69 Å². The third-order valence-corrected chi connectivity index (χ3v) is 5.34. The van der Waals surface area contributed by atoms with Gasteiger partial charge in [0.1, 0.15) is 5.82 Å². The number of piperazine rings is 1. The third kappa shape index (κ3) is 4.86. The number of carbonyl (C=O) groups is 1. The minimum Gasteiger partial charge on any atom is -0.368 e. The zero-order valence-corrected chi connectivity index (χ0v) is 17.1. The van der Waals surface area contributed by atoms with Crippen molar-refractivity contribution in [2.75, 3.05) is 44.7 Å². The lowest BCUT2D eigenvalue weighted by molar-refractivity contribution is -0.132. The molecule has 1 aliphatic heterocycles. The van der Waals surface area contributed by atoms with Crippen molar-refractivity contribution in [2.24, 2.45) is 0 Å². The van der Waals surface area contributed by atoms with Crippen molar-refractivity contribution in [3.05, 3.63) is 78.4 Å². The van der Waals surface area contributed by atoms with Crippen LogP contribution in [0.3, 0.4) is 0 Å². The third-order valence-electron chi connectivity index (χ3n) is 5.34. The molecule has 0 aliphatic carbocycles. The first kappa shape index (κ1) is 20.1. The molecule has 2 heterocycles. The standard InChI is InChI=1S/C23H26FN5O/c1-26(16-19-15-25-29(17-19)22-5-3-2-4-6-22)18-23(30)28-13-11-27(12-14-28)21-9-7-20(24)8-10-21/h2-10,15,17H,11-14,16,18H2,1H3. The summed E-state index contributed by atoms with van der Waals surface area (Å²) in [7, 11) is 1.95. The largest absolute Gasteiger partial charge is 0.368 e. The van der Waals surface area contributed by atoms with Crippen molar-refractivity contribution in [1.82, 2.24) is 19.6 Å². The molecule has 1 fully saturated rings. The van der Waals surface area contributed by atoms with E-state index >= 15 is 0 Å². The van der Waals surface area contributed by atoms with E-state index in [1.54, 1.807) is 12.1 Å². The Hall–Kier alpha value is -3.19. The molecule has 6 nitrogen and oxygen atoms in total. The van der Waals surface area contributed by atoms with Crippen LogP contribution in [-0.2, 0) is 11.3 Å². The summed E-state index contributed by atoms with van der Waals surface area (Å²) in [5.74, 6) is -0.100. The van der Waals surface area contributed by atoms with E-state index in [9.17, 15) is 9.18 Å². The summed E-state index contributed by atoms with van der Waals surface area (Å²) < 4.78 is 15.0. The predicted octanol–water partition coefficient (Wildman–Crippen LogP) is 2.79. The minimum absolute atomic E-state index is 0.131. The number of nitrogens with zero attached hydrogens (tertiary/aromatic N) is 5. The Morgan fingerprint density at radius 3 is 2.40 bits per heavy atom. The van der Waals surface area contributed by atoms with Crippen molar-refractivity contribution in [1.29, 1.82) is 0 Å². The van der Waals surface area contributed by atoms with Crippen molar-refractivity contribution in [2.45, 2.75) is 6.54 Å². The fourth-order valence-corrected chi connectivity index (χ4v) is 3.73. The molecule has 0 spiro atoms. The molecule has 0 atom stereocenters. The molecule has 2 aromatic carbocycles. The first-order valence-electron chi connectivity index (χ1n) is 10.1. The van der Waals surface area contributed by atoms with E-state index in [-0.39, 0.29) is 11.7 Å². The molecule has 0 N–H and O–H groups in total. The molecule has 4 rings (SSSR count). The number of halogens is 1. The summed E-state index contributed by atoms with van der Waals surface area (Å²) in [6.07, 6.45) is 3.84. The molecule has 1 amide bonds. The highest BCUT2D eigenvalue weighted by molar-refractivity contribution is 5.78. The van der Waals surface area contributed by atoms with Gasteiger partial charge < -0.3 is 9.80 Å². The molecule has 1 saturated heterocycles. The van der Waals surface area contributed by atoms with Gasteiger partial charge in [-0.25, -0.2) is 9.07 Å². The molecule has 30 heavy (non-hydrogen) atoms. The van der Waals surface area contributed by atoms with Gasteiger partial charge in [-0.3, -0.25) is 9.69 Å². The van der Waals surface area contributed by atoms with Gasteiger partial charge in [-0.15, -0.1) is 0 Å². The van der Waals surface area contributed by atoms with Gasteiger partial charge in [-0.1, -0.05) is 18.2 Å². The van der Waals surface area contributed by atoms with Crippen LogP contribution in [0.4, 0.5) is 10.1 Å². The van der Waals surface area contributed by atoms with Gasteiger partial charge >= 0.3 is 0 Å². The summed E-state index contributed by atoms with van der Waals surface area (Å²) in [4.78, 5) is 18.8. The van der Waals surface area contributed by atoms with Gasteiger partial charge in [0.2, 0.25) is 5.91 Å². The second-order valence-corrected chi connectivity index (χ2v) is 7.65. The van der Waals surface area contributed by atoms with Crippen molar-refractivity contribution in [3.63, 3.8) is 0 Å². The maximum absolute atomic E-state index is 13.1. The van der Waals surface area contributed by atoms with Gasteiger partial charge in [0.15, 0.2) is 0 Å². The number of likely N-dealkylation sites (N-methyl/N-ethyl adjacent to an activating group) is 1. The number of anilines is 1. The maximum atomic E-state index is 13.1. The van der Waals surface area contributed by atoms with Crippen LogP contribution in [0.1, 0.15) is 5.56 Å². The molecule has 3 aromatic rings. The van der Waals surface area contributed by atoms with Crippen LogP contribution >= 0.6 is 0 Å². The lowest BCUT2D eigenvalue weighted by Gasteiger charge is -2.36. The van der Waals surface area contributed by atoms with E-state index in [2.05, 4.69) is 10.00 Å². The van der Waals surface area contributed by atoms with Gasteiger partial charge in [0, 0.05) is 50.2 Å². The number of benzene rings is 2. The second-order valence-electron chi connectivity index (χ2n) is 7.65. The Morgan fingerprint density at radius 2 is 1.70 bits per heavy atom. The molecular weight excluding hydrogens is 381 g/mol. The average Bonchev–Trinajstić information content (AvgIpc) is 3.23. The van der Waals surface area contributed by atoms with Gasteiger partial charge in [0.25, 0.3) is 0 Å². The second kappa shape index (κ2) is 9.09. The van der Waals surface area contributed by atoms with E-state index in [1.165, 1.54) is 12.1 Å². The lowest BCUT2D eigenvalue weighted by Crippen LogP contribution is -2.51. The zero-order chi connectivity index (χ0) is 20.9. The molecule has 0 bridgehead atoms. The summed E-state index contributed by atoms with van der Waals surface area (Å²) in [6, 6.07) is 16.5. The Labute approximate surface area is 176 Å². The smallest absolute Gasteiger partial charge is 0.236 e. The molecule has 1 aliphatic rings. The van der Waals surface area contributed by atoms with E-state index in [4.69, 9.17) is 0 Å². The van der Waals surface area contributed by atoms with Crippen LogP contribution in [0.2, 0.25) is 0 Å². The Morgan fingerprint density at radius 1 is 1.00 bits per heavy atom. The summed E-state index contributed by atoms with van der Waals surface area (Å²) in [5.41, 5.74) is 3.08. The first-order chi connectivity index (χ1) is 14.6. The van der Waals surface area contributed by atoms with E-state index in [0.717, 1.165) is 30.0 Å².